The van der Waals surface area contributed by atoms with Crippen LogP contribution in [0.25, 0.3) is 0 Å². The second-order valence-electron chi connectivity index (χ2n) is 6.62. The van der Waals surface area contributed by atoms with Crippen LogP contribution in [-0.2, 0) is 9.53 Å². The molecule has 2 atom stereocenters. The van der Waals surface area contributed by atoms with Crippen molar-refractivity contribution in [3.63, 3.8) is 0 Å². The highest BCUT2D eigenvalue weighted by atomic mass is 19.1. The number of carbonyl (C=O) groups excluding carboxylic acids is 2. The number of piperidine rings is 1. The first-order chi connectivity index (χ1) is 12.9. The Labute approximate surface area is 156 Å². The highest BCUT2D eigenvalue weighted by Gasteiger charge is 2.33. The third-order valence-corrected chi connectivity index (χ3v) is 4.74. The third-order valence-electron chi connectivity index (χ3n) is 4.74. The molecule has 3 rings (SSSR count). The van der Waals surface area contributed by atoms with E-state index in [2.05, 4.69) is 10.3 Å². The van der Waals surface area contributed by atoms with E-state index in [1.807, 2.05) is 0 Å². The zero-order chi connectivity index (χ0) is 19.6. The van der Waals surface area contributed by atoms with Gasteiger partial charge in [-0.3, -0.25) is 14.7 Å². The fourth-order valence-corrected chi connectivity index (χ4v) is 3.32. The lowest BCUT2D eigenvalue weighted by Crippen LogP contribution is -2.44. The highest BCUT2D eigenvalue weighted by molar-refractivity contribution is 5.91. The van der Waals surface area contributed by atoms with Crippen LogP contribution in [0.2, 0.25) is 0 Å². The predicted molar refractivity (Wildman–Crippen MR) is 98.9 cm³/mol. The van der Waals surface area contributed by atoms with Gasteiger partial charge in [0, 0.05) is 39.2 Å². The maximum atomic E-state index is 14.7. The van der Waals surface area contributed by atoms with Gasteiger partial charge in [-0.25, -0.2) is 9.18 Å². The minimum atomic E-state index is -0.717. The number of hydrogen-bond acceptors (Lipinski definition) is 6. The van der Waals surface area contributed by atoms with Crippen molar-refractivity contribution in [2.24, 2.45) is 4.99 Å². The summed E-state index contributed by atoms with van der Waals surface area (Å²) in [7, 11) is 1.64. The molecule has 27 heavy (non-hydrogen) atoms. The minimum absolute atomic E-state index is 0.208. The molecule has 9 heteroatoms. The van der Waals surface area contributed by atoms with Crippen molar-refractivity contribution in [2.75, 3.05) is 43.0 Å². The Morgan fingerprint density at radius 3 is 2.85 bits per heavy atom. The molecule has 0 aromatic heterocycles. The maximum Gasteiger partial charge on any atom is 0.414 e. The summed E-state index contributed by atoms with van der Waals surface area (Å²) in [4.78, 5) is 30.2. The smallest absolute Gasteiger partial charge is 0.414 e. The van der Waals surface area contributed by atoms with E-state index in [1.54, 1.807) is 24.1 Å². The van der Waals surface area contributed by atoms with Crippen molar-refractivity contribution in [1.82, 2.24) is 5.32 Å². The Morgan fingerprint density at radius 2 is 2.22 bits per heavy atom. The third kappa shape index (κ3) is 4.19. The number of ether oxygens (including phenoxy) is 1. The van der Waals surface area contributed by atoms with Gasteiger partial charge in [0.05, 0.1) is 24.5 Å². The van der Waals surface area contributed by atoms with Gasteiger partial charge in [0.1, 0.15) is 18.0 Å². The van der Waals surface area contributed by atoms with Gasteiger partial charge < -0.3 is 20.1 Å². The van der Waals surface area contributed by atoms with Gasteiger partial charge >= 0.3 is 6.09 Å². The highest BCUT2D eigenvalue weighted by Crippen LogP contribution is 2.29. The molecule has 2 amide bonds. The molecule has 8 nitrogen and oxygen atoms in total. The van der Waals surface area contributed by atoms with Crippen molar-refractivity contribution >= 4 is 29.1 Å². The molecule has 2 fully saturated rings. The number of aliphatic imine (C=N–C) groups is 1. The van der Waals surface area contributed by atoms with Gasteiger partial charge in [-0.05, 0) is 18.2 Å². The molecule has 0 radical (unpaired) electrons. The van der Waals surface area contributed by atoms with Gasteiger partial charge in [0.2, 0.25) is 5.91 Å². The van der Waals surface area contributed by atoms with Crippen LogP contribution < -0.4 is 15.1 Å². The molecule has 1 aromatic carbocycles. The van der Waals surface area contributed by atoms with E-state index in [4.69, 9.17) is 4.74 Å². The number of cyclic esters (lactones) is 1. The summed E-state index contributed by atoms with van der Waals surface area (Å²) < 4.78 is 19.9. The van der Waals surface area contributed by atoms with Crippen molar-refractivity contribution in [3.8, 4) is 0 Å². The number of nitrogens with one attached hydrogen (secondary N) is 1. The monoisotopic (exact) mass is 378 g/mol. The molecule has 2 aliphatic heterocycles. The van der Waals surface area contributed by atoms with E-state index in [-0.39, 0.29) is 25.5 Å². The summed E-state index contributed by atoms with van der Waals surface area (Å²) in [6.07, 6.45) is -1.20. The zero-order valence-electron chi connectivity index (χ0n) is 15.3. The Balaban J connectivity index is 1.70. The van der Waals surface area contributed by atoms with Crippen LogP contribution in [0.15, 0.2) is 23.2 Å². The largest absolute Gasteiger partial charge is 0.442 e. The fraction of sp³-hybridized carbons (Fsp3) is 0.500. The van der Waals surface area contributed by atoms with Crippen LogP contribution in [-0.4, -0.2) is 68.3 Å². The summed E-state index contributed by atoms with van der Waals surface area (Å²) in [5.41, 5.74) is 1.48. The average Bonchev–Trinajstić information content (AvgIpc) is 3.00. The van der Waals surface area contributed by atoms with Gasteiger partial charge in [0.15, 0.2) is 0 Å². The summed E-state index contributed by atoms with van der Waals surface area (Å²) in [6, 6.07) is 4.53. The molecule has 0 saturated carbocycles. The van der Waals surface area contributed by atoms with Crippen LogP contribution in [0.3, 0.4) is 0 Å². The van der Waals surface area contributed by atoms with E-state index in [0.29, 0.717) is 30.1 Å². The lowest BCUT2D eigenvalue weighted by molar-refractivity contribution is -0.119. The first kappa shape index (κ1) is 19.1. The average molecular weight is 378 g/mol. The first-order valence-corrected chi connectivity index (χ1v) is 8.79. The molecule has 0 spiro atoms. The second-order valence-corrected chi connectivity index (χ2v) is 6.62. The number of aliphatic hydroxyl groups excluding tert-OH is 1. The molecule has 2 aliphatic rings. The van der Waals surface area contributed by atoms with Gasteiger partial charge in [-0.2, -0.15) is 0 Å². The van der Waals surface area contributed by atoms with E-state index < -0.39 is 24.1 Å². The maximum absolute atomic E-state index is 14.7. The topological polar surface area (TPSA) is 94.5 Å². The number of anilines is 2. The Hall–Kier alpha value is -2.68. The van der Waals surface area contributed by atoms with E-state index >= 15 is 0 Å². The Morgan fingerprint density at radius 1 is 1.44 bits per heavy atom. The van der Waals surface area contributed by atoms with Gasteiger partial charge in [0.25, 0.3) is 0 Å². The second kappa shape index (κ2) is 7.91. The predicted octanol–water partition coefficient (Wildman–Crippen LogP) is 0.929. The lowest BCUT2D eigenvalue weighted by Gasteiger charge is -2.33. The summed E-state index contributed by atoms with van der Waals surface area (Å²) >= 11 is 0. The molecule has 0 bridgehead atoms. The SMILES string of the molecule is CN=C1CCN(c2ccc(N3C[C@H](CNC(C)=O)OC3=O)cc2F)C[C@@H]1O. The number of benzene rings is 1. The van der Waals surface area contributed by atoms with Crippen LogP contribution in [0.5, 0.6) is 0 Å². The van der Waals surface area contributed by atoms with Crippen LogP contribution >= 0.6 is 0 Å². The number of carbonyl (C=O) groups is 2. The Bertz CT molecular complexity index is 770. The number of amides is 2. The molecule has 0 unspecified atom stereocenters. The van der Waals surface area contributed by atoms with Gasteiger partial charge in [-0.1, -0.05) is 0 Å². The van der Waals surface area contributed by atoms with Crippen LogP contribution in [0, 0.1) is 5.82 Å². The Kier molecular flexibility index (Phi) is 5.59. The number of aliphatic hydroxyl groups is 1. The van der Waals surface area contributed by atoms with Crippen molar-refractivity contribution in [2.45, 2.75) is 25.6 Å². The van der Waals surface area contributed by atoms with Crippen molar-refractivity contribution in [1.29, 1.82) is 0 Å². The number of nitrogens with zero attached hydrogens (tertiary/aromatic N) is 3. The summed E-state index contributed by atoms with van der Waals surface area (Å²) in [5.74, 6) is -0.686. The van der Waals surface area contributed by atoms with E-state index in [1.165, 1.54) is 17.9 Å². The molecule has 2 N–H and O–H groups in total. The summed E-state index contributed by atoms with van der Waals surface area (Å²) in [6.45, 7) is 2.66. The van der Waals surface area contributed by atoms with Gasteiger partial charge in [-0.15, -0.1) is 0 Å². The number of hydrogen-bond donors (Lipinski definition) is 2. The van der Waals surface area contributed by atoms with Crippen LogP contribution in [0.4, 0.5) is 20.6 Å². The van der Waals surface area contributed by atoms with Crippen molar-refractivity contribution in [3.05, 3.63) is 24.0 Å². The lowest BCUT2D eigenvalue weighted by atomic mass is 10.0. The molecule has 146 valence electrons. The molecule has 1 aromatic rings. The molecule has 2 saturated heterocycles. The molecule has 2 heterocycles. The molecular weight excluding hydrogens is 355 g/mol. The zero-order valence-corrected chi connectivity index (χ0v) is 15.3. The number of halogens is 1. The normalized spacial score (nSPS) is 24.3. The molecule has 0 aliphatic carbocycles. The standard InChI is InChI=1S/C18H23FN4O4/c1-11(24)21-8-13-9-23(18(26)27-13)12-3-4-16(14(19)7-12)22-6-5-15(20-2)17(25)10-22/h3-4,7,13,17,25H,5-6,8-10H2,1-2H3,(H,21,24)/t13-,17-/m0/s1. The minimum Gasteiger partial charge on any atom is -0.442 e. The number of rotatable bonds is 4. The quantitative estimate of drug-likeness (QED) is 0.813. The van der Waals surface area contributed by atoms with E-state index in [0.717, 1.165) is 0 Å². The van der Waals surface area contributed by atoms with E-state index in [9.17, 15) is 19.1 Å². The van der Waals surface area contributed by atoms with Crippen LogP contribution in [0.1, 0.15) is 13.3 Å². The fourth-order valence-electron chi connectivity index (χ4n) is 3.32. The first-order valence-electron chi connectivity index (χ1n) is 8.79. The van der Waals surface area contributed by atoms with Crippen molar-refractivity contribution < 1.29 is 23.8 Å². The summed E-state index contributed by atoms with van der Waals surface area (Å²) in [5, 5.41) is 12.7. The molecular formula is C18H23FN4O4. The number of β-amino-alcohol motifs (C(OH)–C–C–N with tert-alkyl or cyclic N) is 1.